The van der Waals surface area contributed by atoms with Gasteiger partial charge in [-0.05, 0) is 6.07 Å². The second-order valence-corrected chi connectivity index (χ2v) is 3.40. The fourth-order valence-corrected chi connectivity index (χ4v) is 1.23. The summed E-state index contributed by atoms with van der Waals surface area (Å²) in [5.74, 6) is -0.283. The van der Waals surface area contributed by atoms with Gasteiger partial charge in [0, 0.05) is 25.5 Å². The highest BCUT2D eigenvalue weighted by molar-refractivity contribution is 5.71. The quantitative estimate of drug-likeness (QED) is 0.542. The summed E-state index contributed by atoms with van der Waals surface area (Å²) in [5.41, 5.74) is 0. The fraction of sp³-hybridized carbons (Fsp3) is 0.600. The number of nitrogens with one attached hydrogen (secondary N) is 1. The van der Waals surface area contributed by atoms with Crippen molar-refractivity contribution in [2.75, 3.05) is 20.2 Å². The molecule has 1 atom stereocenters. The average Bonchev–Trinajstić information content (AvgIpc) is 2.75. The molecule has 1 heterocycles. The Balaban J connectivity index is 2.09. The predicted molar refractivity (Wildman–Crippen MR) is 56.3 cm³/mol. The fourth-order valence-electron chi connectivity index (χ4n) is 1.23. The van der Waals surface area contributed by atoms with Crippen molar-refractivity contribution in [1.82, 2.24) is 15.1 Å². The standard InChI is InChI=1S/C10H17N3O2/c1-9(10(14)15-2)8-11-5-7-13-6-3-4-12-13/h3-4,6,9,11H,5,7-8H2,1-2H3. The highest BCUT2D eigenvalue weighted by Gasteiger charge is 2.11. The lowest BCUT2D eigenvalue weighted by Crippen LogP contribution is -2.29. The minimum Gasteiger partial charge on any atom is -0.469 e. The van der Waals surface area contributed by atoms with Crippen LogP contribution in [0.4, 0.5) is 0 Å². The Bertz CT molecular complexity index is 285. The van der Waals surface area contributed by atoms with Crippen LogP contribution in [0.15, 0.2) is 18.5 Å². The van der Waals surface area contributed by atoms with Gasteiger partial charge in [-0.1, -0.05) is 6.92 Å². The van der Waals surface area contributed by atoms with Gasteiger partial charge in [-0.25, -0.2) is 0 Å². The van der Waals surface area contributed by atoms with E-state index in [2.05, 4.69) is 15.2 Å². The second-order valence-electron chi connectivity index (χ2n) is 3.40. The molecule has 0 aliphatic heterocycles. The summed E-state index contributed by atoms with van der Waals surface area (Å²) < 4.78 is 6.46. The van der Waals surface area contributed by atoms with Crippen LogP contribution in [0.1, 0.15) is 6.92 Å². The summed E-state index contributed by atoms with van der Waals surface area (Å²) in [7, 11) is 1.41. The number of ether oxygens (including phenoxy) is 1. The van der Waals surface area contributed by atoms with Crippen LogP contribution in [-0.4, -0.2) is 35.9 Å². The van der Waals surface area contributed by atoms with E-state index in [1.54, 1.807) is 6.20 Å². The van der Waals surface area contributed by atoms with Crippen molar-refractivity contribution in [3.05, 3.63) is 18.5 Å². The van der Waals surface area contributed by atoms with E-state index in [4.69, 9.17) is 0 Å². The summed E-state index contributed by atoms with van der Waals surface area (Å²) in [5, 5.41) is 7.25. The summed E-state index contributed by atoms with van der Waals surface area (Å²) in [4.78, 5) is 11.1. The molecule has 5 nitrogen and oxygen atoms in total. The highest BCUT2D eigenvalue weighted by atomic mass is 16.5. The van der Waals surface area contributed by atoms with Crippen LogP contribution in [0, 0.1) is 5.92 Å². The monoisotopic (exact) mass is 211 g/mol. The first kappa shape index (κ1) is 11.7. The molecule has 1 unspecified atom stereocenters. The molecule has 0 amide bonds. The van der Waals surface area contributed by atoms with Gasteiger partial charge in [0.05, 0.1) is 19.6 Å². The maximum absolute atomic E-state index is 11.1. The topological polar surface area (TPSA) is 56.1 Å². The molecule has 0 bridgehead atoms. The molecule has 5 heteroatoms. The number of rotatable bonds is 6. The number of hydrogen-bond donors (Lipinski definition) is 1. The lowest BCUT2D eigenvalue weighted by atomic mass is 10.2. The molecule has 1 N–H and O–H groups in total. The first-order valence-corrected chi connectivity index (χ1v) is 5.00. The molecule has 0 aromatic carbocycles. The van der Waals surface area contributed by atoms with Crippen molar-refractivity contribution in [3.63, 3.8) is 0 Å². The molecule has 0 saturated heterocycles. The molecule has 0 aliphatic carbocycles. The van der Waals surface area contributed by atoms with Crippen LogP contribution in [-0.2, 0) is 16.1 Å². The van der Waals surface area contributed by atoms with Gasteiger partial charge in [0.2, 0.25) is 0 Å². The normalized spacial score (nSPS) is 12.4. The number of methoxy groups -OCH3 is 1. The zero-order valence-corrected chi connectivity index (χ0v) is 9.14. The lowest BCUT2D eigenvalue weighted by Gasteiger charge is -2.10. The molecule has 0 radical (unpaired) electrons. The lowest BCUT2D eigenvalue weighted by molar-refractivity contribution is -0.144. The van der Waals surface area contributed by atoms with E-state index >= 15 is 0 Å². The third kappa shape index (κ3) is 4.12. The Kier molecular flexibility index (Phi) is 4.83. The molecule has 0 saturated carbocycles. The van der Waals surface area contributed by atoms with E-state index in [9.17, 15) is 4.79 Å². The summed E-state index contributed by atoms with van der Waals surface area (Å²) >= 11 is 0. The van der Waals surface area contributed by atoms with Crippen LogP contribution in [0.2, 0.25) is 0 Å². The summed E-state index contributed by atoms with van der Waals surface area (Å²) in [6.45, 7) is 4.07. The Morgan fingerprint density at radius 3 is 3.07 bits per heavy atom. The van der Waals surface area contributed by atoms with E-state index in [1.165, 1.54) is 7.11 Å². The van der Waals surface area contributed by atoms with Crippen LogP contribution < -0.4 is 5.32 Å². The first-order chi connectivity index (χ1) is 7.24. The van der Waals surface area contributed by atoms with Crippen molar-refractivity contribution in [3.8, 4) is 0 Å². The summed E-state index contributed by atoms with van der Waals surface area (Å²) in [6, 6.07) is 1.89. The number of carbonyl (C=O) groups is 1. The van der Waals surface area contributed by atoms with Crippen LogP contribution in [0.3, 0.4) is 0 Å². The zero-order chi connectivity index (χ0) is 11.1. The van der Waals surface area contributed by atoms with Crippen LogP contribution >= 0.6 is 0 Å². The van der Waals surface area contributed by atoms with Gasteiger partial charge in [0.25, 0.3) is 0 Å². The Morgan fingerprint density at radius 1 is 1.67 bits per heavy atom. The third-order valence-corrected chi connectivity index (χ3v) is 2.13. The molecule has 1 rings (SSSR count). The van der Waals surface area contributed by atoms with Gasteiger partial charge in [-0.3, -0.25) is 9.48 Å². The minimum atomic E-state index is -0.179. The number of esters is 1. The van der Waals surface area contributed by atoms with Crippen LogP contribution in [0.5, 0.6) is 0 Å². The molecular formula is C10H17N3O2. The highest BCUT2D eigenvalue weighted by Crippen LogP contribution is 1.94. The van der Waals surface area contributed by atoms with E-state index in [0.717, 1.165) is 13.1 Å². The Morgan fingerprint density at radius 2 is 2.47 bits per heavy atom. The Labute approximate surface area is 89.4 Å². The Hall–Kier alpha value is -1.36. The van der Waals surface area contributed by atoms with Crippen LogP contribution in [0.25, 0.3) is 0 Å². The van der Waals surface area contributed by atoms with E-state index in [0.29, 0.717) is 6.54 Å². The van der Waals surface area contributed by atoms with Gasteiger partial charge in [-0.2, -0.15) is 5.10 Å². The molecule has 0 spiro atoms. The third-order valence-electron chi connectivity index (χ3n) is 2.13. The molecule has 0 aliphatic rings. The molecule has 15 heavy (non-hydrogen) atoms. The van der Waals surface area contributed by atoms with E-state index in [1.807, 2.05) is 23.9 Å². The predicted octanol–water partition coefficient (Wildman–Crippen LogP) is 0.282. The van der Waals surface area contributed by atoms with Gasteiger partial charge in [-0.15, -0.1) is 0 Å². The number of carbonyl (C=O) groups excluding carboxylic acids is 1. The van der Waals surface area contributed by atoms with Gasteiger partial charge in [0.1, 0.15) is 0 Å². The molecule has 1 aromatic rings. The van der Waals surface area contributed by atoms with E-state index in [-0.39, 0.29) is 11.9 Å². The number of aromatic nitrogens is 2. The molecule has 1 aromatic heterocycles. The summed E-state index contributed by atoms with van der Waals surface area (Å²) in [6.07, 6.45) is 3.66. The zero-order valence-electron chi connectivity index (χ0n) is 9.14. The minimum absolute atomic E-state index is 0.104. The van der Waals surface area contributed by atoms with Crippen molar-refractivity contribution in [2.24, 2.45) is 5.92 Å². The number of nitrogens with zero attached hydrogens (tertiary/aromatic N) is 2. The molecule has 84 valence electrons. The smallest absolute Gasteiger partial charge is 0.309 e. The maximum Gasteiger partial charge on any atom is 0.309 e. The second kappa shape index (κ2) is 6.19. The van der Waals surface area contributed by atoms with Crippen molar-refractivity contribution in [1.29, 1.82) is 0 Å². The van der Waals surface area contributed by atoms with Gasteiger partial charge >= 0.3 is 5.97 Å². The largest absolute Gasteiger partial charge is 0.469 e. The SMILES string of the molecule is COC(=O)C(C)CNCCn1cccn1. The van der Waals surface area contributed by atoms with Crippen molar-refractivity contribution >= 4 is 5.97 Å². The average molecular weight is 211 g/mol. The molecular weight excluding hydrogens is 194 g/mol. The number of hydrogen-bond acceptors (Lipinski definition) is 4. The first-order valence-electron chi connectivity index (χ1n) is 5.00. The van der Waals surface area contributed by atoms with Crippen molar-refractivity contribution < 1.29 is 9.53 Å². The van der Waals surface area contributed by atoms with Gasteiger partial charge < -0.3 is 10.1 Å². The molecule has 0 fully saturated rings. The van der Waals surface area contributed by atoms with Gasteiger partial charge in [0.15, 0.2) is 0 Å². The van der Waals surface area contributed by atoms with Crippen molar-refractivity contribution in [2.45, 2.75) is 13.5 Å². The van der Waals surface area contributed by atoms with E-state index < -0.39 is 0 Å². The maximum atomic E-state index is 11.1.